The Bertz CT molecular complexity index is 864. The molecule has 0 radical (unpaired) electrons. The second-order valence-corrected chi connectivity index (χ2v) is 6.10. The summed E-state index contributed by atoms with van der Waals surface area (Å²) in [7, 11) is 0. The molecule has 0 atom stereocenters. The maximum absolute atomic E-state index is 9.00. The number of nitrogen functional groups attached to an aromatic ring is 1. The highest BCUT2D eigenvalue weighted by Gasteiger charge is 2.07. The Morgan fingerprint density at radius 2 is 1.36 bits per heavy atom. The van der Waals surface area contributed by atoms with Gasteiger partial charge in [-0.1, -0.05) is 52.3 Å². The largest absolute Gasteiger partial charge is 0.481 e. The molecule has 0 spiro atoms. The number of rotatable bonds is 3. The lowest BCUT2D eigenvalue weighted by atomic mass is 10.1. The van der Waals surface area contributed by atoms with Gasteiger partial charge in [-0.25, -0.2) is 0 Å². The van der Waals surface area contributed by atoms with E-state index in [4.69, 9.17) is 25.5 Å². The molecule has 0 amide bonds. The van der Waals surface area contributed by atoms with Crippen LogP contribution in [0.3, 0.4) is 0 Å². The van der Waals surface area contributed by atoms with Gasteiger partial charge >= 0.3 is 0 Å². The normalized spacial score (nSPS) is 9.84. The van der Waals surface area contributed by atoms with Crippen LogP contribution in [0, 0.1) is 5.41 Å². The number of hydrogen-bond acceptors (Lipinski definition) is 3. The second-order valence-electron chi connectivity index (χ2n) is 5.18. The van der Waals surface area contributed by atoms with Crippen molar-refractivity contribution < 1.29 is 14.3 Å². The van der Waals surface area contributed by atoms with E-state index in [0.29, 0.717) is 5.56 Å². The maximum Gasteiger partial charge on any atom is 0.300 e. The molecule has 0 aliphatic heterocycles. The van der Waals surface area contributed by atoms with Crippen LogP contribution in [-0.2, 0) is 4.79 Å². The predicted molar refractivity (Wildman–Crippen MR) is 102 cm³/mol. The highest BCUT2D eigenvalue weighted by Crippen LogP contribution is 2.29. The molecule has 0 bridgehead atoms. The number of benzene rings is 2. The summed E-state index contributed by atoms with van der Waals surface area (Å²) in [5, 5.41) is 14.8. The zero-order valence-corrected chi connectivity index (χ0v) is 15.1. The number of carboxylic acids is 1. The molecule has 25 heavy (non-hydrogen) atoms. The molecular formula is C19H17BrN2O3. The molecule has 0 saturated carbocycles. The number of amidine groups is 1. The number of carbonyl (C=O) groups is 1. The van der Waals surface area contributed by atoms with Crippen LogP contribution in [0.2, 0.25) is 0 Å². The summed E-state index contributed by atoms with van der Waals surface area (Å²) in [5.41, 5.74) is 8.15. The minimum absolute atomic E-state index is 0.0662. The molecule has 6 heteroatoms. The molecule has 4 N–H and O–H groups in total. The van der Waals surface area contributed by atoms with Crippen LogP contribution in [0.1, 0.15) is 12.5 Å². The van der Waals surface area contributed by atoms with Gasteiger partial charge in [-0.2, -0.15) is 0 Å². The average Bonchev–Trinajstić information content (AvgIpc) is 3.05. The first-order chi connectivity index (χ1) is 11.9. The van der Waals surface area contributed by atoms with Gasteiger partial charge in [-0.05, 0) is 24.3 Å². The number of aliphatic carboxylic acids is 1. The van der Waals surface area contributed by atoms with Gasteiger partial charge in [0.2, 0.25) is 0 Å². The van der Waals surface area contributed by atoms with E-state index in [1.54, 1.807) is 0 Å². The molecule has 0 saturated heterocycles. The molecule has 128 valence electrons. The van der Waals surface area contributed by atoms with E-state index in [-0.39, 0.29) is 5.84 Å². The smallest absolute Gasteiger partial charge is 0.300 e. The molecule has 1 aromatic heterocycles. The van der Waals surface area contributed by atoms with Crippen LogP contribution < -0.4 is 5.73 Å². The first kappa shape index (κ1) is 18.5. The van der Waals surface area contributed by atoms with Crippen LogP contribution in [0.15, 0.2) is 69.6 Å². The van der Waals surface area contributed by atoms with Crippen molar-refractivity contribution in [2.75, 3.05) is 0 Å². The van der Waals surface area contributed by atoms with Gasteiger partial charge < -0.3 is 15.3 Å². The lowest BCUT2D eigenvalue weighted by molar-refractivity contribution is -0.134. The Kier molecular flexibility index (Phi) is 6.14. The molecule has 0 aliphatic carbocycles. The number of furan rings is 1. The van der Waals surface area contributed by atoms with Crippen molar-refractivity contribution in [1.82, 2.24) is 0 Å². The van der Waals surface area contributed by atoms with Gasteiger partial charge in [0.25, 0.3) is 5.97 Å². The molecular weight excluding hydrogens is 384 g/mol. The zero-order chi connectivity index (χ0) is 18.4. The van der Waals surface area contributed by atoms with E-state index in [1.807, 2.05) is 60.7 Å². The highest BCUT2D eigenvalue weighted by molar-refractivity contribution is 9.10. The maximum atomic E-state index is 9.00. The summed E-state index contributed by atoms with van der Waals surface area (Å²) in [6.07, 6.45) is 0. The van der Waals surface area contributed by atoms with E-state index < -0.39 is 5.97 Å². The minimum Gasteiger partial charge on any atom is -0.481 e. The van der Waals surface area contributed by atoms with Crippen LogP contribution in [0.4, 0.5) is 0 Å². The molecule has 0 aliphatic rings. The first-order valence-corrected chi connectivity index (χ1v) is 8.16. The van der Waals surface area contributed by atoms with E-state index in [9.17, 15) is 0 Å². The average molecular weight is 401 g/mol. The monoisotopic (exact) mass is 400 g/mol. The van der Waals surface area contributed by atoms with Crippen LogP contribution in [0.25, 0.3) is 22.6 Å². The van der Waals surface area contributed by atoms with Crippen molar-refractivity contribution in [2.45, 2.75) is 6.92 Å². The van der Waals surface area contributed by atoms with Crippen LogP contribution >= 0.6 is 15.9 Å². The van der Waals surface area contributed by atoms with Gasteiger partial charge in [0.1, 0.15) is 17.4 Å². The third-order valence-corrected chi connectivity index (χ3v) is 3.74. The van der Waals surface area contributed by atoms with Gasteiger partial charge in [0, 0.05) is 28.1 Å². The predicted octanol–water partition coefficient (Wildman–Crippen LogP) is 4.75. The first-order valence-electron chi connectivity index (χ1n) is 7.37. The lowest BCUT2D eigenvalue weighted by Crippen LogP contribution is -2.10. The summed E-state index contributed by atoms with van der Waals surface area (Å²) < 4.78 is 6.94. The Morgan fingerprint density at radius 3 is 1.76 bits per heavy atom. The zero-order valence-electron chi connectivity index (χ0n) is 13.5. The number of hydrogen-bond donors (Lipinski definition) is 3. The number of halogens is 1. The second kappa shape index (κ2) is 8.30. The summed E-state index contributed by atoms with van der Waals surface area (Å²) >= 11 is 3.42. The molecule has 1 heterocycles. The van der Waals surface area contributed by atoms with Crippen molar-refractivity contribution in [2.24, 2.45) is 5.73 Å². The number of nitrogens with one attached hydrogen (secondary N) is 1. The number of carboxylic acid groups (broad SMARTS) is 1. The van der Waals surface area contributed by atoms with Crippen molar-refractivity contribution in [3.05, 3.63) is 70.7 Å². The van der Waals surface area contributed by atoms with Gasteiger partial charge in [-0.15, -0.1) is 0 Å². The standard InChI is InChI=1S/C17H13BrN2O.C2H4O2/c18-14-7-5-12(6-8-14)16-10-9-15(21-16)11-1-3-13(4-2-11)17(19)20;1-2(3)4/h1-10H,(H3,19,20);1H3,(H,3,4). The molecule has 5 nitrogen and oxygen atoms in total. The Hall–Kier alpha value is -2.86. The Labute approximate surface area is 153 Å². The molecule has 3 aromatic rings. The van der Waals surface area contributed by atoms with Gasteiger partial charge in [0.15, 0.2) is 0 Å². The topological polar surface area (TPSA) is 100 Å². The Balaban J connectivity index is 0.000000511. The van der Waals surface area contributed by atoms with Crippen LogP contribution in [0.5, 0.6) is 0 Å². The molecule has 0 fully saturated rings. The quantitative estimate of drug-likeness (QED) is 0.436. The fourth-order valence-electron chi connectivity index (χ4n) is 2.08. The SMILES string of the molecule is CC(=O)O.N=C(N)c1ccc(-c2ccc(-c3ccc(Br)cc3)o2)cc1. The third kappa shape index (κ3) is 5.32. The number of nitrogens with two attached hydrogens (primary N) is 1. The van der Waals surface area contributed by atoms with E-state index in [0.717, 1.165) is 34.0 Å². The molecule has 2 aromatic carbocycles. The van der Waals surface area contributed by atoms with Crippen molar-refractivity contribution in [1.29, 1.82) is 5.41 Å². The van der Waals surface area contributed by atoms with Crippen LogP contribution in [-0.4, -0.2) is 16.9 Å². The third-order valence-electron chi connectivity index (χ3n) is 3.22. The fourth-order valence-corrected chi connectivity index (χ4v) is 2.34. The van der Waals surface area contributed by atoms with Crippen molar-refractivity contribution in [3.8, 4) is 22.6 Å². The summed E-state index contributed by atoms with van der Waals surface area (Å²) in [6.45, 7) is 1.08. The lowest BCUT2D eigenvalue weighted by Gasteiger charge is -2.01. The Morgan fingerprint density at radius 1 is 0.960 bits per heavy atom. The van der Waals surface area contributed by atoms with Gasteiger partial charge in [-0.3, -0.25) is 10.2 Å². The fraction of sp³-hybridized carbons (Fsp3) is 0.0526. The summed E-state index contributed by atoms with van der Waals surface area (Å²) in [6, 6.07) is 19.3. The van der Waals surface area contributed by atoms with E-state index in [2.05, 4.69) is 15.9 Å². The van der Waals surface area contributed by atoms with E-state index in [1.165, 1.54) is 0 Å². The van der Waals surface area contributed by atoms with E-state index >= 15 is 0 Å². The molecule has 3 rings (SSSR count). The molecule has 0 unspecified atom stereocenters. The van der Waals surface area contributed by atoms with Crippen molar-refractivity contribution in [3.63, 3.8) is 0 Å². The van der Waals surface area contributed by atoms with Gasteiger partial charge in [0.05, 0.1) is 0 Å². The summed E-state index contributed by atoms with van der Waals surface area (Å²) in [4.78, 5) is 9.00. The van der Waals surface area contributed by atoms with Crippen molar-refractivity contribution >= 4 is 27.7 Å². The minimum atomic E-state index is -0.833. The summed E-state index contributed by atoms with van der Waals surface area (Å²) in [5.74, 6) is 0.854. The highest BCUT2D eigenvalue weighted by atomic mass is 79.9.